The van der Waals surface area contributed by atoms with Gasteiger partial charge in [0.2, 0.25) is 5.91 Å². The SMILES string of the molecule is CNc1cc(N2CCc3c(C4=NCC(CC5CCC6(CC5)CCN(C(=O)c5ccc(Cl)c(N7CCC(=O)NC7=O)c5)CC6)C=C4)cccc32)nn2c(C(N)=O)cnc12.COC1CCC1. The number of imidazole rings is 1. The molecule has 10 rings (SSSR count). The molecule has 15 nitrogen and oxygen atoms in total. The molecule has 2 aromatic heterocycles. The maximum absolute atomic E-state index is 13.6. The average molecular weight is 890 g/mol. The van der Waals surface area contributed by atoms with Crippen LogP contribution in [0.4, 0.5) is 27.7 Å². The number of nitrogens with zero attached hydrogens (tertiary/aromatic N) is 7. The number of allylic oxidation sites excluding steroid dienone is 1. The summed E-state index contributed by atoms with van der Waals surface area (Å²) in [6, 6.07) is 12.8. The van der Waals surface area contributed by atoms with Crippen LogP contribution in [-0.4, -0.2) is 102 Å². The van der Waals surface area contributed by atoms with E-state index in [0.717, 1.165) is 61.4 Å². The summed E-state index contributed by atoms with van der Waals surface area (Å²) in [4.78, 5) is 64.9. The number of primary amides is 1. The lowest BCUT2D eigenvalue weighted by Crippen LogP contribution is -2.49. The number of dihydropyridines is 1. The normalized spacial score (nSPS) is 21.0. The summed E-state index contributed by atoms with van der Waals surface area (Å²) in [5, 5.41) is 10.7. The van der Waals surface area contributed by atoms with Gasteiger partial charge in [0, 0.05) is 76.2 Å². The van der Waals surface area contributed by atoms with Crippen molar-refractivity contribution in [2.75, 3.05) is 62.0 Å². The fourth-order valence-corrected chi connectivity index (χ4v) is 10.5. The number of hydrogen-bond acceptors (Lipinski definition) is 10. The molecule has 4 aromatic rings. The Kier molecular flexibility index (Phi) is 12.5. The van der Waals surface area contributed by atoms with Crippen LogP contribution in [0.5, 0.6) is 0 Å². The van der Waals surface area contributed by atoms with Gasteiger partial charge >= 0.3 is 6.03 Å². The number of halogens is 1. The van der Waals surface area contributed by atoms with Gasteiger partial charge in [-0.3, -0.25) is 29.6 Å². The van der Waals surface area contributed by atoms with Crippen molar-refractivity contribution in [3.8, 4) is 0 Å². The number of rotatable bonds is 9. The largest absolute Gasteiger partial charge is 0.385 e. The van der Waals surface area contributed by atoms with Crippen molar-refractivity contribution in [1.29, 1.82) is 0 Å². The number of nitrogens with one attached hydrogen (secondary N) is 2. The number of urea groups is 1. The topological polar surface area (TPSA) is 180 Å². The summed E-state index contributed by atoms with van der Waals surface area (Å²) in [5.41, 5.74) is 12.9. The molecule has 1 spiro atoms. The van der Waals surface area contributed by atoms with Gasteiger partial charge in [-0.05, 0) is 124 Å². The Labute approximate surface area is 378 Å². The first-order valence-electron chi connectivity index (χ1n) is 22.7. The van der Waals surface area contributed by atoms with Crippen LogP contribution in [0.1, 0.15) is 103 Å². The summed E-state index contributed by atoms with van der Waals surface area (Å²) in [6.45, 7) is 3.19. The first-order valence-corrected chi connectivity index (χ1v) is 23.1. The summed E-state index contributed by atoms with van der Waals surface area (Å²) in [7, 11) is 3.60. The molecular formula is C48H57ClN10O5. The highest BCUT2D eigenvalue weighted by atomic mass is 35.5. The lowest BCUT2D eigenvalue weighted by atomic mass is 9.64. The molecule has 6 aliphatic rings. The van der Waals surface area contributed by atoms with Crippen molar-refractivity contribution in [2.24, 2.45) is 28.0 Å². The number of imide groups is 1. The minimum atomic E-state index is -0.581. The van der Waals surface area contributed by atoms with Gasteiger partial charge in [0.25, 0.3) is 11.8 Å². The van der Waals surface area contributed by atoms with E-state index in [0.29, 0.717) is 58.8 Å². The van der Waals surface area contributed by atoms with E-state index in [4.69, 9.17) is 32.2 Å². The molecule has 1 atom stereocenters. The second-order valence-corrected chi connectivity index (χ2v) is 18.5. The van der Waals surface area contributed by atoms with Crippen molar-refractivity contribution >= 4 is 69.6 Å². The zero-order valence-corrected chi connectivity index (χ0v) is 37.4. The fraction of sp³-hybridized carbons (Fsp3) is 0.479. The molecule has 336 valence electrons. The molecule has 16 heteroatoms. The van der Waals surface area contributed by atoms with E-state index in [1.54, 1.807) is 25.3 Å². The number of carbonyl (C=O) groups is 4. The van der Waals surface area contributed by atoms with Crippen molar-refractivity contribution in [1.82, 2.24) is 24.8 Å². The van der Waals surface area contributed by atoms with E-state index in [2.05, 4.69) is 50.9 Å². The van der Waals surface area contributed by atoms with Gasteiger partial charge in [0.1, 0.15) is 5.69 Å². The number of piperidine rings is 1. The molecule has 4 fully saturated rings. The predicted molar refractivity (Wildman–Crippen MR) is 248 cm³/mol. The van der Waals surface area contributed by atoms with Gasteiger partial charge in [-0.1, -0.05) is 29.8 Å². The monoisotopic (exact) mass is 888 g/mol. The molecule has 5 amide bonds. The summed E-state index contributed by atoms with van der Waals surface area (Å²) in [6.07, 6.45) is 19.5. The van der Waals surface area contributed by atoms with E-state index in [9.17, 15) is 19.2 Å². The molecule has 2 saturated carbocycles. The third-order valence-corrected chi connectivity index (χ3v) is 14.7. The number of likely N-dealkylation sites (tertiary alicyclic amines) is 1. The van der Waals surface area contributed by atoms with Crippen LogP contribution < -0.4 is 26.2 Å². The third kappa shape index (κ3) is 8.71. The number of ether oxygens (including phenoxy) is 1. The third-order valence-electron chi connectivity index (χ3n) is 14.4. The maximum Gasteiger partial charge on any atom is 0.328 e. The van der Waals surface area contributed by atoms with E-state index in [-0.39, 0.29) is 35.9 Å². The van der Waals surface area contributed by atoms with Crippen LogP contribution in [0.25, 0.3) is 5.65 Å². The van der Waals surface area contributed by atoms with Gasteiger partial charge in [-0.2, -0.15) is 0 Å². The molecule has 4 N–H and O–H groups in total. The van der Waals surface area contributed by atoms with Crippen LogP contribution in [0.15, 0.2) is 65.8 Å². The van der Waals surface area contributed by atoms with E-state index in [1.165, 1.54) is 66.1 Å². The predicted octanol–water partition coefficient (Wildman–Crippen LogP) is 7.33. The molecule has 2 aromatic carbocycles. The number of aliphatic imine (C=N–C) groups is 1. The number of amides is 5. The Bertz CT molecular complexity index is 2510. The highest BCUT2D eigenvalue weighted by Gasteiger charge is 2.40. The summed E-state index contributed by atoms with van der Waals surface area (Å²) >= 11 is 6.43. The summed E-state index contributed by atoms with van der Waals surface area (Å²) in [5.74, 6) is 0.845. The molecule has 6 heterocycles. The molecular weight excluding hydrogens is 832 g/mol. The number of benzene rings is 2. The average Bonchev–Trinajstić information content (AvgIpc) is 3.93. The van der Waals surface area contributed by atoms with Gasteiger partial charge in [-0.15, -0.1) is 5.10 Å². The minimum Gasteiger partial charge on any atom is -0.385 e. The molecule has 64 heavy (non-hydrogen) atoms. The smallest absolute Gasteiger partial charge is 0.328 e. The van der Waals surface area contributed by atoms with Crippen molar-refractivity contribution in [2.45, 2.75) is 83.2 Å². The quantitative estimate of drug-likeness (QED) is 0.155. The molecule has 0 bridgehead atoms. The Morgan fingerprint density at radius 3 is 2.41 bits per heavy atom. The number of fused-ring (bicyclic) bond motifs is 2. The van der Waals surface area contributed by atoms with Crippen LogP contribution in [0, 0.1) is 17.3 Å². The van der Waals surface area contributed by atoms with Crippen LogP contribution in [-0.2, 0) is 16.0 Å². The van der Waals surface area contributed by atoms with E-state index >= 15 is 0 Å². The van der Waals surface area contributed by atoms with E-state index < -0.39 is 11.9 Å². The number of nitrogens with two attached hydrogens (primary N) is 1. The molecule has 4 aliphatic heterocycles. The van der Waals surface area contributed by atoms with Gasteiger partial charge in [0.15, 0.2) is 11.5 Å². The zero-order chi connectivity index (χ0) is 44.5. The first-order chi connectivity index (χ1) is 31.0. The molecule has 1 unspecified atom stereocenters. The Balaban J connectivity index is 0.000000799. The second kappa shape index (κ2) is 18.4. The molecule has 2 saturated heterocycles. The standard InChI is InChI=1S/C43H47ClN10O4.C5H10O/c1-46-33-23-37(50-54-36(39(45)56)25-48-40(33)54)52-17-11-30-29(3-2-4-34(30)52)32-8-5-27(24-47-32)21-26-9-13-43(14-10-26)15-19-51(20-16-43)41(57)28-6-7-31(44)35(22-28)53-18-12-38(55)49-42(53)58;1-6-5-3-2-4-5/h2-8,22-23,25-27,46H,9-21,24H2,1H3,(H2,45,56)(H,49,55,58);5H,2-4H2,1H3. The maximum atomic E-state index is 13.6. The molecule has 0 radical (unpaired) electrons. The zero-order valence-electron chi connectivity index (χ0n) is 36.7. The van der Waals surface area contributed by atoms with Crippen molar-refractivity contribution in [3.63, 3.8) is 0 Å². The van der Waals surface area contributed by atoms with Crippen LogP contribution in [0.3, 0.4) is 0 Å². The Hall–Kier alpha value is -5.80. The fourth-order valence-electron chi connectivity index (χ4n) is 10.3. The van der Waals surface area contributed by atoms with Gasteiger partial charge in [-0.25, -0.2) is 14.3 Å². The highest BCUT2D eigenvalue weighted by Crippen LogP contribution is 2.48. The molecule has 2 aliphatic carbocycles. The highest BCUT2D eigenvalue weighted by molar-refractivity contribution is 6.34. The number of methoxy groups -OCH3 is 1. The minimum absolute atomic E-state index is 0.0514. The first kappa shape index (κ1) is 43.5. The number of hydrogen-bond donors (Lipinski definition) is 3. The number of carbonyl (C=O) groups excluding carboxylic acids is 4. The Morgan fingerprint density at radius 2 is 1.75 bits per heavy atom. The second-order valence-electron chi connectivity index (χ2n) is 18.1. The summed E-state index contributed by atoms with van der Waals surface area (Å²) < 4.78 is 6.50. The van der Waals surface area contributed by atoms with Gasteiger partial charge < -0.3 is 25.6 Å². The Morgan fingerprint density at radius 1 is 0.969 bits per heavy atom. The number of anilines is 4. The lowest BCUT2D eigenvalue weighted by molar-refractivity contribution is -0.120. The van der Waals surface area contributed by atoms with Crippen LogP contribution >= 0.6 is 11.6 Å². The van der Waals surface area contributed by atoms with Crippen molar-refractivity contribution < 1.29 is 23.9 Å². The number of aromatic nitrogens is 3. The lowest BCUT2D eigenvalue weighted by Gasteiger charge is -2.46. The van der Waals surface area contributed by atoms with E-state index in [1.807, 2.05) is 18.0 Å². The van der Waals surface area contributed by atoms with Gasteiger partial charge in [0.05, 0.1) is 34.4 Å². The van der Waals surface area contributed by atoms with Crippen LogP contribution in [0.2, 0.25) is 5.02 Å². The van der Waals surface area contributed by atoms with Crippen molar-refractivity contribution in [3.05, 3.63) is 88.2 Å².